The van der Waals surface area contributed by atoms with Crippen LogP contribution in [0.1, 0.15) is 361 Å². The lowest BCUT2D eigenvalue weighted by Crippen LogP contribution is -2.30. The molecule has 0 rings (SSSR count). The summed E-state index contributed by atoms with van der Waals surface area (Å²) in [7, 11) is 0. The summed E-state index contributed by atoms with van der Waals surface area (Å²) in [4.78, 5) is 38.4. The van der Waals surface area contributed by atoms with Crippen LogP contribution in [0.5, 0.6) is 0 Å². The fourth-order valence-electron chi connectivity index (χ4n) is 10.3. The molecule has 0 heterocycles. The van der Waals surface area contributed by atoms with Crippen molar-refractivity contribution in [2.45, 2.75) is 367 Å². The number of unbranched alkanes of at least 4 members (excludes halogenated alkanes) is 40. The third-order valence-corrected chi connectivity index (χ3v) is 15.6. The second-order valence-electron chi connectivity index (χ2n) is 23.8. The number of carbonyl (C=O) groups excluding carboxylic acids is 3. The number of esters is 3. The minimum Gasteiger partial charge on any atom is -0.462 e. The Kier molecular flexibility index (Phi) is 67.2. The maximum absolute atomic E-state index is 12.9. The van der Waals surface area contributed by atoms with Gasteiger partial charge in [0.2, 0.25) is 0 Å². The summed E-state index contributed by atoms with van der Waals surface area (Å²) in [6, 6.07) is 0. The number of ether oxygens (including phenoxy) is 3. The lowest BCUT2D eigenvalue weighted by Gasteiger charge is -2.18. The van der Waals surface area contributed by atoms with Crippen LogP contribution >= 0.6 is 0 Å². The van der Waals surface area contributed by atoms with E-state index in [2.05, 4.69) is 106 Å². The van der Waals surface area contributed by atoms with Gasteiger partial charge in [-0.05, 0) is 96.3 Å². The van der Waals surface area contributed by atoms with Gasteiger partial charge in [-0.3, -0.25) is 14.4 Å². The van der Waals surface area contributed by atoms with E-state index < -0.39 is 6.10 Å². The first-order valence-electron chi connectivity index (χ1n) is 35.6. The van der Waals surface area contributed by atoms with E-state index in [0.29, 0.717) is 19.3 Å². The lowest BCUT2D eigenvalue weighted by atomic mass is 10.0. The van der Waals surface area contributed by atoms with Gasteiger partial charge >= 0.3 is 17.9 Å². The van der Waals surface area contributed by atoms with E-state index in [1.807, 2.05) is 0 Å². The standard InChI is InChI=1S/C76H134O6/c1-4-7-10-13-16-19-22-24-26-28-30-32-34-36-38-40-42-44-46-48-50-52-54-57-60-63-66-69-75(78)81-72-73(71-80-74(77)68-65-62-59-56-21-18-15-12-9-6-3)82-76(79)70-67-64-61-58-55-53-51-49-47-45-43-41-39-37-35-33-31-29-27-25-23-20-17-14-11-8-5-2/h7,10,16,19,23-26,29-32,35,37,73H,4-6,8-9,11-15,17-18,20-22,27-28,33-34,36,38-72H2,1-3H3/b10-7-,19-16-,25-23-,26-24-,31-29-,32-30-,37-35-. The average molecular weight is 1140 g/mol. The van der Waals surface area contributed by atoms with Crippen LogP contribution in [-0.2, 0) is 28.6 Å². The van der Waals surface area contributed by atoms with E-state index in [1.54, 1.807) is 0 Å². The molecule has 0 bridgehead atoms. The van der Waals surface area contributed by atoms with Gasteiger partial charge in [-0.25, -0.2) is 0 Å². The predicted octanol–water partition coefficient (Wildman–Crippen LogP) is 24.6. The normalized spacial score (nSPS) is 12.6. The summed E-state index contributed by atoms with van der Waals surface area (Å²) >= 11 is 0. The molecule has 0 aliphatic rings. The first-order chi connectivity index (χ1) is 40.5. The molecule has 0 aromatic heterocycles. The number of hydrogen-bond acceptors (Lipinski definition) is 6. The molecule has 0 amide bonds. The first-order valence-corrected chi connectivity index (χ1v) is 35.6. The van der Waals surface area contributed by atoms with Gasteiger partial charge in [0.25, 0.3) is 0 Å². The van der Waals surface area contributed by atoms with Crippen molar-refractivity contribution in [1.29, 1.82) is 0 Å². The van der Waals surface area contributed by atoms with Gasteiger partial charge in [0.15, 0.2) is 6.10 Å². The van der Waals surface area contributed by atoms with Crippen molar-refractivity contribution in [2.75, 3.05) is 13.2 Å². The Morgan fingerprint density at radius 2 is 0.476 bits per heavy atom. The molecular weight excluding hydrogens is 1010 g/mol. The van der Waals surface area contributed by atoms with E-state index in [-0.39, 0.29) is 31.1 Å². The SMILES string of the molecule is CC/C=C\C/C=C\C/C=C\C/C=C\CCCCCCCCCCCCCCCCC(=O)OCC(COC(=O)CCCCCCCCCCCC)OC(=O)CCCCCCCCCCCCCC/C=C\C/C=C\C/C=C\CCCCCCC. The summed E-state index contributed by atoms with van der Waals surface area (Å²) in [5.41, 5.74) is 0. The van der Waals surface area contributed by atoms with E-state index >= 15 is 0 Å². The number of hydrogen-bond donors (Lipinski definition) is 0. The number of carbonyl (C=O) groups is 3. The van der Waals surface area contributed by atoms with Crippen LogP contribution in [0.3, 0.4) is 0 Å². The predicted molar refractivity (Wildman–Crippen MR) is 358 cm³/mol. The van der Waals surface area contributed by atoms with Gasteiger partial charge in [0.05, 0.1) is 0 Å². The molecule has 0 spiro atoms. The van der Waals surface area contributed by atoms with Crippen LogP contribution in [0.4, 0.5) is 0 Å². The van der Waals surface area contributed by atoms with Crippen LogP contribution in [0.15, 0.2) is 85.1 Å². The summed E-state index contributed by atoms with van der Waals surface area (Å²) in [6.45, 7) is 6.55. The van der Waals surface area contributed by atoms with Gasteiger partial charge in [0, 0.05) is 19.3 Å². The maximum Gasteiger partial charge on any atom is 0.306 e. The second-order valence-corrected chi connectivity index (χ2v) is 23.8. The number of rotatable bonds is 65. The molecule has 0 saturated heterocycles. The van der Waals surface area contributed by atoms with Gasteiger partial charge in [0.1, 0.15) is 13.2 Å². The fraction of sp³-hybridized carbons (Fsp3) is 0.776. The zero-order valence-corrected chi connectivity index (χ0v) is 54.5. The summed E-state index contributed by atoms with van der Waals surface area (Å²) in [6.07, 6.45) is 93.3. The van der Waals surface area contributed by atoms with E-state index in [4.69, 9.17) is 14.2 Å². The van der Waals surface area contributed by atoms with Gasteiger partial charge < -0.3 is 14.2 Å². The molecule has 1 unspecified atom stereocenters. The molecular formula is C76H134O6. The molecule has 0 N–H and O–H groups in total. The molecule has 0 fully saturated rings. The highest BCUT2D eigenvalue weighted by molar-refractivity contribution is 5.71. The van der Waals surface area contributed by atoms with Crippen molar-refractivity contribution < 1.29 is 28.6 Å². The molecule has 0 aliphatic heterocycles. The van der Waals surface area contributed by atoms with E-state index in [0.717, 1.165) is 96.3 Å². The Morgan fingerprint density at radius 3 is 0.744 bits per heavy atom. The molecule has 1 atom stereocenters. The summed E-state index contributed by atoms with van der Waals surface area (Å²) < 4.78 is 17.0. The molecule has 0 aromatic rings. The Morgan fingerprint density at radius 1 is 0.256 bits per heavy atom. The largest absolute Gasteiger partial charge is 0.462 e. The molecule has 0 radical (unpaired) electrons. The molecule has 6 heteroatoms. The van der Waals surface area contributed by atoms with Crippen LogP contribution in [0.2, 0.25) is 0 Å². The van der Waals surface area contributed by atoms with Crippen molar-refractivity contribution in [3.8, 4) is 0 Å². The highest BCUT2D eigenvalue weighted by atomic mass is 16.6. The smallest absolute Gasteiger partial charge is 0.306 e. The van der Waals surface area contributed by atoms with Crippen LogP contribution < -0.4 is 0 Å². The summed E-state index contributed by atoms with van der Waals surface area (Å²) in [5, 5.41) is 0. The summed E-state index contributed by atoms with van der Waals surface area (Å²) in [5.74, 6) is -0.858. The zero-order chi connectivity index (χ0) is 59.2. The van der Waals surface area contributed by atoms with Crippen molar-refractivity contribution >= 4 is 17.9 Å². The second kappa shape index (κ2) is 70.1. The van der Waals surface area contributed by atoms with Gasteiger partial charge in [-0.2, -0.15) is 0 Å². The Hall–Kier alpha value is -3.41. The molecule has 0 aromatic carbocycles. The quantitative estimate of drug-likeness (QED) is 0.0261. The van der Waals surface area contributed by atoms with E-state index in [1.165, 1.54) is 225 Å². The lowest BCUT2D eigenvalue weighted by molar-refractivity contribution is -0.167. The van der Waals surface area contributed by atoms with Gasteiger partial charge in [-0.1, -0.05) is 331 Å². The Bertz CT molecular complexity index is 1550. The van der Waals surface area contributed by atoms with Crippen LogP contribution in [0.25, 0.3) is 0 Å². The molecule has 0 saturated carbocycles. The molecule has 82 heavy (non-hydrogen) atoms. The third kappa shape index (κ3) is 67.4. The third-order valence-electron chi connectivity index (χ3n) is 15.6. The van der Waals surface area contributed by atoms with Crippen molar-refractivity contribution in [2.24, 2.45) is 0 Å². The average Bonchev–Trinajstić information content (AvgIpc) is 3.48. The first kappa shape index (κ1) is 78.6. The van der Waals surface area contributed by atoms with E-state index in [9.17, 15) is 14.4 Å². The topological polar surface area (TPSA) is 78.9 Å². The van der Waals surface area contributed by atoms with Crippen LogP contribution in [-0.4, -0.2) is 37.2 Å². The fourth-order valence-corrected chi connectivity index (χ4v) is 10.3. The maximum atomic E-state index is 12.9. The zero-order valence-electron chi connectivity index (χ0n) is 54.5. The van der Waals surface area contributed by atoms with Crippen molar-refractivity contribution in [3.05, 3.63) is 85.1 Å². The minimum absolute atomic E-state index is 0.0727. The van der Waals surface area contributed by atoms with Crippen molar-refractivity contribution in [3.63, 3.8) is 0 Å². The molecule has 6 nitrogen and oxygen atoms in total. The number of allylic oxidation sites excluding steroid dienone is 14. The molecule has 0 aliphatic carbocycles. The molecule has 474 valence electrons. The van der Waals surface area contributed by atoms with Crippen molar-refractivity contribution in [1.82, 2.24) is 0 Å². The van der Waals surface area contributed by atoms with Gasteiger partial charge in [-0.15, -0.1) is 0 Å². The Labute approximate surface area is 509 Å². The van der Waals surface area contributed by atoms with Crippen LogP contribution in [0, 0.1) is 0 Å². The highest BCUT2D eigenvalue weighted by Crippen LogP contribution is 2.18. The monoisotopic (exact) mass is 1140 g/mol. The Balaban J connectivity index is 4.18. The minimum atomic E-state index is -0.776. The highest BCUT2D eigenvalue weighted by Gasteiger charge is 2.19.